The van der Waals surface area contributed by atoms with Crippen LogP contribution >= 0.6 is 0 Å². The highest BCUT2D eigenvalue weighted by atomic mass is 16.6. The van der Waals surface area contributed by atoms with Gasteiger partial charge in [0.1, 0.15) is 23.4 Å². The Hall–Kier alpha value is -4.08. The molecule has 260 valence electrons. The number of carbonyl (C=O) groups excluding carboxylic acids is 4. The van der Waals surface area contributed by atoms with Gasteiger partial charge in [-0.05, 0) is 76.8 Å². The summed E-state index contributed by atoms with van der Waals surface area (Å²) >= 11 is 0. The van der Waals surface area contributed by atoms with E-state index < -0.39 is 41.6 Å². The second-order valence-corrected chi connectivity index (χ2v) is 13.0. The Morgan fingerprint density at radius 1 is 0.915 bits per heavy atom. The van der Waals surface area contributed by atoms with Gasteiger partial charge in [-0.25, -0.2) is 4.79 Å². The van der Waals surface area contributed by atoms with E-state index in [2.05, 4.69) is 17.6 Å². The first kappa shape index (κ1) is 39.1. The number of amides is 3. The number of aryl methyl sites for hydroxylation is 2. The van der Waals surface area contributed by atoms with Crippen LogP contribution in [-0.4, -0.2) is 65.2 Å². The standard InChI is InChI=1S/C37H55N3O7/c1-8-10-11-12-13-14-23-40(33(30-24-26(3)15-16-27(30)4)34(43)38-22-21-32(42)46-9-2)35(44)31(39-36(45)47-37(5,6)7)25-28-17-19-29(41)20-18-28/h15-20,24,31,33,41H,8-14,21-23,25H2,1-7H3,(H,38,43)(H,39,45). The number of esters is 1. The van der Waals surface area contributed by atoms with Gasteiger partial charge in [-0.1, -0.05) is 74.9 Å². The van der Waals surface area contributed by atoms with Crippen LogP contribution < -0.4 is 10.6 Å². The number of phenolic OH excluding ortho intramolecular Hbond substituents is 1. The molecule has 2 unspecified atom stereocenters. The molecule has 0 radical (unpaired) electrons. The van der Waals surface area contributed by atoms with E-state index in [4.69, 9.17) is 9.47 Å². The van der Waals surface area contributed by atoms with Gasteiger partial charge in [0.25, 0.3) is 0 Å². The van der Waals surface area contributed by atoms with Crippen molar-refractivity contribution in [2.24, 2.45) is 0 Å². The van der Waals surface area contributed by atoms with Gasteiger partial charge in [-0.2, -0.15) is 0 Å². The van der Waals surface area contributed by atoms with Crippen LogP contribution in [0.5, 0.6) is 5.75 Å². The maximum Gasteiger partial charge on any atom is 0.408 e. The summed E-state index contributed by atoms with van der Waals surface area (Å²) in [5, 5.41) is 15.5. The summed E-state index contributed by atoms with van der Waals surface area (Å²) in [4.78, 5) is 55.5. The molecule has 2 atom stereocenters. The van der Waals surface area contributed by atoms with Gasteiger partial charge in [-0.3, -0.25) is 14.4 Å². The number of phenols is 1. The van der Waals surface area contributed by atoms with Gasteiger partial charge < -0.3 is 30.1 Å². The third-order valence-corrected chi connectivity index (χ3v) is 7.62. The smallest absolute Gasteiger partial charge is 0.408 e. The lowest BCUT2D eigenvalue weighted by molar-refractivity contribution is -0.144. The van der Waals surface area contributed by atoms with E-state index in [0.29, 0.717) is 17.5 Å². The molecule has 0 aromatic heterocycles. The molecule has 10 heteroatoms. The van der Waals surface area contributed by atoms with Crippen LogP contribution in [0.15, 0.2) is 42.5 Å². The summed E-state index contributed by atoms with van der Waals surface area (Å²) < 4.78 is 10.6. The number of nitrogens with one attached hydrogen (secondary N) is 2. The van der Waals surface area contributed by atoms with Crippen molar-refractivity contribution in [3.05, 3.63) is 64.7 Å². The van der Waals surface area contributed by atoms with Crippen LogP contribution in [0.1, 0.15) is 108 Å². The highest BCUT2D eigenvalue weighted by Gasteiger charge is 2.37. The fourth-order valence-corrected chi connectivity index (χ4v) is 5.27. The van der Waals surface area contributed by atoms with Crippen molar-refractivity contribution in [3.8, 4) is 5.75 Å². The molecule has 0 aliphatic carbocycles. The van der Waals surface area contributed by atoms with Crippen LogP contribution in [0, 0.1) is 13.8 Å². The molecule has 0 spiro atoms. The maximum atomic E-state index is 14.7. The lowest BCUT2D eigenvalue weighted by atomic mass is 9.95. The molecule has 2 aromatic rings. The van der Waals surface area contributed by atoms with Crippen molar-refractivity contribution in [1.82, 2.24) is 15.5 Å². The Morgan fingerprint density at radius 2 is 1.57 bits per heavy atom. The van der Waals surface area contributed by atoms with Crippen LogP contribution in [0.3, 0.4) is 0 Å². The second kappa shape index (κ2) is 19.6. The highest BCUT2D eigenvalue weighted by Crippen LogP contribution is 2.28. The van der Waals surface area contributed by atoms with Crippen molar-refractivity contribution >= 4 is 23.9 Å². The second-order valence-electron chi connectivity index (χ2n) is 13.0. The minimum atomic E-state index is -1.07. The van der Waals surface area contributed by atoms with E-state index in [1.54, 1.807) is 44.7 Å². The zero-order chi connectivity index (χ0) is 35.0. The molecule has 3 amide bonds. The number of benzene rings is 2. The Bertz CT molecular complexity index is 1300. The van der Waals surface area contributed by atoms with Crippen LogP contribution in [0.25, 0.3) is 0 Å². The van der Waals surface area contributed by atoms with E-state index >= 15 is 0 Å². The van der Waals surface area contributed by atoms with Gasteiger partial charge in [0, 0.05) is 19.5 Å². The number of nitrogens with zero attached hydrogens (tertiary/aromatic N) is 1. The van der Waals surface area contributed by atoms with Gasteiger partial charge in [-0.15, -0.1) is 0 Å². The predicted molar refractivity (Wildman–Crippen MR) is 183 cm³/mol. The molecule has 2 aromatic carbocycles. The summed E-state index contributed by atoms with van der Waals surface area (Å²) in [7, 11) is 0. The number of hydrogen-bond donors (Lipinski definition) is 3. The first-order valence-electron chi connectivity index (χ1n) is 16.8. The Balaban J connectivity index is 2.57. The Morgan fingerprint density at radius 3 is 2.21 bits per heavy atom. The molecule has 0 aliphatic heterocycles. The first-order valence-corrected chi connectivity index (χ1v) is 16.8. The lowest BCUT2D eigenvalue weighted by Gasteiger charge is -2.35. The number of hydrogen-bond acceptors (Lipinski definition) is 7. The molecular weight excluding hydrogens is 598 g/mol. The first-order chi connectivity index (χ1) is 22.2. The van der Waals surface area contributed by atoms with Crippen molar-refractivity contribution < 1.29 is 33.8 Å². The fraction of sp³-hybridized carbons (Fsp3) is 0.568. The Labute approximate surface area is 280 Å². The monoisotopic (exact) mass is 653 g/mol. The summed E-state index contributed by atoms with van der Waals surface area (Å²) in [6.07, 6.45) is 5.21. The normalized spacial score (nSPS) is 12.5. The number of unbranched alkanes of at least 4 members (excludes halogenated alkanes) is 5. The summed E-state index contributed by atoms with van der Waals surface area (Å²) in [6, 6.07) is 10.1. The number of aromatic hydroxyl groups is 1. The summed E-state index contributed by atoms with van der Waals surface area (Å²) in [5.41, 5.74) is 2.33. The Kier molecular flexibility index (Phi) is 16.3. The number of rotatable bonds is 18. The molecule has 10 nitrogen and oxygen atoms in total. The van der Waals surface area contributed by atoms with Crippen molar-refractivity contribution in [1.29, 1.82) is 0 Å². The van der Waals surface area contributed by atoms with Crippen molar-refractivity contribution in [2.75, 3.05) is 19.7 Å². The average molecular weight is 654 g/mol. The maximum absolute atomic E-state index is 14.7. The zero-order valence-electron chi connectivity index (χ0n) is 29.3. The summed E-state index contributed by atoms with van der Waals surface area (Å²) in [5.74, 6) is -1.21. The largest absolute Gasteiger partial charge is 0.508 e. The van der Waals surface area contributed by atoms with Gasteiger partial charge in [0.15, 0.2) is 0 Å². The van der Waals surface area contributed by atoms with Crippen LogP contribution in [-0.2, 0) is 30.3 Å². The van der Waals surface area contributed by atoms with E-state index in [-0.39, 0.29) is 38.3 Å². The van der Waals surface area contributed by atoms with E-state index in [0.717, 1.165) is 43.2 Å². The molecule has 0 saturated heterocycles. The minimum Gasteiger partial charge on any atom is -0.508 e. The molecule has 47 heavy (non-hydrogen) atoms. The quantitative estimate of drug-likeness (QED) is 0.124. The van der Waals surface area contributed by atoms with Crippen LogP contribution in [0.4, 0.5) is 4.79 Å². The highest BCUT2D eigenvalue weighted by molar-refractivity contribution is 5.92. The molecule has 3 N–H and O–H groups in total. The number of ether oxygens (including phenoxy) is 2. The van der Waals surface area contributed by atoms with Gasteiger partial charge >= 0.3 is 12.1 Å². The van der Waals surface area contributed by atoms with Crippen molar-refractivity contribution in [2.45, 2.75) is 118 Å². The predicted octanol–water partition coefficient (Wildman–Crippen LogP) is 6.44. The summed E-state index contributed by atoms with van der Waals surface area (Å²) in [6.45, 7) is 13.5. The molecular formula is C37H55N3O7. The molecule has 0 heterocycles. The molecule has 0 saturated carbocycles. The molecule has 2 rings (SSSR count). The van der Waals surface area contributed by atoms with Crippen molar-refractivity contribution in [3.63, 3.8) is 0 Å². The fourth-order valence-electron chi connectivity index (χ4n) is 5.27. The number of carbonyl (C=O) groups is 4. The van der Waals surface area contributed by atoms with E-state index in [9.17, 15) is 24.3 Å². The molecule has 0 fully saturated rings. The molecule has 0 aliphatic rings. The van der Waals surface area contributed by atoms with E-state index in [1.165, 1.54) is 12.1 Å². The van der Waals surface area contributed by atoms with Gasteiger partial charge in [0.2, 0.25) is 11.8 Å². The SMILES string of the molecule is CCCCCCCCN(C(=O)C(Cc1ccc(O)cc1)NC(=O)OC(C)(C)C)C(C(=O)NCCC(=O)OCC)c1cc(C)ccc1C. The minimum absolute atomic E-state index is 0.00580. The van der Waals surface area contributed by atoms with Crippen LogP contribution in [0.2, 0.25) is 0 Å². The third kappa shape index (κ3) is 14.1. The average Bonchev–Trinajstić information content (AvgIpc) is 2.99. The van der Waals surface area contributed by atoms with Gasteiger partial charge in [0.05, 0.1) is 13.0 Å². The zero-order valence-corrected chi connectivity index (χ0v) is 29.3. The topological polar surface area (TPSA) is 134 Å². The lowest BCUT2D eigenvalue weighted by Crippen LogP contribution is -2.54. The molecule has 0 bridgehead atoms. The van der Waals surface area contributed by atoms with E-state index in [1.807, 2.05) is 32.0 Å². The third-order valence-electron chi connectivity index (χ3n) is 7.62. The number of alkyl carbamates (subject to hydrolysis) is 1.